The maximum Gasteiger partial charge on any atom is 0.233 e. The fourth-order valence-corrected chi connectivity index (χ4v) is 0.314. The van der Waals surface area contributed by atoms with Crippen LogP contribution in [0.3, 0.4) is 0 Å². The van der Waals surface area contributed by atoms with E-state index in [1.54, 1.807) is 0 Å². The van der Waals surface area contributed by atoms with E-state index in [4.69, 9.17) is 5.73 Å². The summed E-state index contributed by atoms with van der Waals surface area (Å²) in [6, 6.07) is 0. The van der Waals surface area contributed by atoms with Crippen LogP contribution in [0.1, 0.15) is 0 Å². The summed E-state index contributed by atoms with van der Waals surface area (Å²) in [5, 5.41) is 1.12. The average Bonchev–Trinajstić information content (AvgIpc) is 1.83. The number of nitrogens with zero attached hydrogens (tertiary/aromatic N) is 1. The Kier molecular flexibility index (Phi) is 4.20. The third-order valence-electron chi connectivity index (χ3n) is 0.702. The molecule has 48 valence electrons. The van der Waals surface area contributed by atoms with Gasteiger partial charge in [-0.1, -0.05) is 0 Å². The minimum Gasteiger partial charge on any atom is -0.329 e. The van der Waals surface area contributed by atoms with Crippen LogP contribution in [0.5, 0.6) is 0 Å². The highest BCUT2D eigenvalue weighted by Gasteiger charge is 1.92. The number of carbonyl (C=O) groups is 1. The zero-order valence-corrected chi connectivity index (χ0v) is 4.83. The van der Waals surface area contributed by atoms with Crippen molar-refractivity contribution in [3.63, 3.8) is 0 Å². The minimum absolute atomic E-state index is 0.423. The van der Waals surface area contributed by atoms with Gasteiger partial charge < -0.3 is 5.73 Å². The van der Waals surface area contributed by atoms with E-state index in [2.05, 4.69) is 4.84 Å². The van der Waals surface area contributed by atoms with E-state index in [9.17, 15) is 4.79 Å². The molecule has 0 saturated carbocycles. The van der Waals surface area contributed by atoms with Crippen molar-refractivity contribution in [2.24, 2.45) is 5.73 Å². The number of rotatable bonds is 4. The van der Waals surface area contributed by atoms with Gasteiger partial charge in [0.05, 0.1) is 13.7 Å². The van der Waals surface area contributed by atoms with Gasteiger partial charge in [0.1, 0.15) is 0 Å². The van der Waals surface area contributed by atoms with Gasteiger partial charge in [0.25, 0.3) is 0 Å². The average molecular weight is 118 g/mol. The summed E-state index contributed by atoms with van der Waals surface area (Å²) in [6.45, 7) is 0.868. The Balaban J connectivity index is 3.21. The lowest BCUT2D eigenvalue weighted by molar-refractivity contribution is -0.159. The predicted molar refractivity (Wildman–Crippen MR) is 28.8 cm³/mol. The summed E-state index contributed by atoms with van der Waals surface area (Å²) in [6.07, 6.45) is 0.590. The molecule has 0 heterocycles. The molecule has 0 saturated heterocycles. The standard InChI is InChI=1S/C4H10N2O2/c1-8-6(4-7)3-2-5/h4H,2-3,5H2,1H3. The van der Waals surface area contributed by atoms with E-state index in [-0.39, 0.29) is 0 Å². The number of amides is 1. The molecule has 0 aliphatic heterocycles. The van der Waals surface area contributed by atoms with E-state index in [0.29, 0.717) is 19.5 Å². The topological polar surface area (TPSA) is 55.6 Å². The van der Waals surface area contributed by atoms with Crippen LogP contribution in [-0.4, -0.2) is 31.7 Å². The molecular weight excluding hydrogens is 108 g/mol. The van der Waals surface area contributed by atoms with Crippen LogP contribution in [0, 0.1) is 0 Å². The van der Waals surface area contributed by atoms with Gasteiger partial charge in [-0.25, -0.2) is 5.06 Å². The van der Waals surface area contributed by atoms with E-state index < -0.39 is 0 Å². The second-order valence-electron chi connectivity index (χ2n) is 1.22. The minimum atomic E-state index is 0.423. The third-order valence-corrected chi connectivity index (χ3v) is 0.702. The van der Waals surface area contributed by atoms with E-state index in [1.807, 2.05) is 0 Å². The number of carbonyl (C=O) groups excluding carboxylic acids is 1. The maximum atomic E-state index is 9.87. The van der Waals surface area contributed by atoms with Crippen LogP contribution >= 0.6 is 0 Å². The van der Waals surface area contributed by atoms with E-state index >= 15 is 0 Å². The summed E-state index contributed by atoms with van der Waals surface area (Å²) in [5.74, 6) is 0. The van der Waals surface area contributed by atoms with Crippen LogP contribution in [0.15, 0.2) is 0 Å². The Hall–Kier alpha value is -0.610. The highest BCUT2D eigenvalue weighted by Crippen LogP contribution is 1.76. The number of hydrogen-bond donors (Lipinski definition) is 1. The quantitative estimate of drug-likeness (QED) is 0.379. The largest absolute Gasteiger partial charge is 0.329 e. The molecular formula is C4H10N2O2. The molecule has 0 radical (unpaired) electrons. The highest BCUT2D eigenvalue weighted by atomic mass is 16.7. The summed E-state index contributed by atoms with van der Waals surface area (Å²) < 4.78 is 0. The molecule has 0 aliphatic carbocycles. The van der Waals surface area contributed by atoms with E-state index in [0.717, 1.165) is 5.06 Å². The first-order valence-electron chi connectivity index (χ1n) is 2.31. The number of hydrogen-bond acceptors (Lipinski definition) is 3. The van der Waals surface area contributed by atoms with Crippen LogP contribution in [0.4, 0.5) is 0 Å². The zero-order valence-electron chi connectivity index (χ0n) is 4.83. The normalized spacial score (nSPS) is 8.75. The van der Waals surface area contributed by atoms with Gasteiger partial charge in [0, 0.05) is 6.54 Å². The molecule has 0 aromatic carbocycles. The van der Waals surface area contributed by atoms with Gasteiger partial charge in [-0.2, -0.15) is 0 Å². The van der Waals surface area contributed by atoms with Crippen LogP contribution < -0.4 is 5.73 Å². The molecule has 8 heavy (non-hydrogen) atoms. The first-order valence-corrected chi connectivity index (χ1v) is 2.31. The van der Waals surface area contributed by atoms with Gasteiger partial charge >= 0.3 is 0 Å². The van der Waals surface area contributed by atoms with Crippen molar-refractivity contribution in [3.8, 4) is 0 Å². The molecule has 0 aromatic rings. The summed E-state index contributed by atoms with van der Waals surface area (Å²) in [5.41, 5.74) is 5.10. The Morgan fingerprint density at radius 1 is 1.88 bits per heavy atom. The molecule has 4 heteroatoms. The smallest absolute Gasteiger partial charge is 0.233 e. The predicted octanol–water partition coefficient (Wildman–Crippen LogP) is -1.04. The number of nitrogens with two attached hydrogens (primary N) is 1. The molecule has 0 bridgehead atoms. The SMILES string of the molecule is CON(C=O)CCN. The molecule has 0 spiro atoms. The van der Waals surface area contributed by atoms with Gasteiger partial charge in [0.2, 0.25) is 6.41 Å². The monoisotopic (exact) mass is 118 g/mol. The summed E-state index contributed by atoms with van der Waals surface area (Å²) in [4.78, 5) is 14.4. The Labute approximate surface area is 48.2 Å². The molecule has 0 aliphatic rings. The van der Waals surface area contributed by atoms with Gasteiger partial charge in [-0.05, 0) is 0 Å². The molecule has 0 unspecified atom stereocenters. The van der Waals surface area contributed by atoms with Gasteiger partial charge in [-0.15, -0.1) is 0 Å². The summed E-state index contributed by atoms with van der Waals surface area (Å²) in [7, 11) is 1.42. The van der Waals surface area contributed by atoms with Gasteiger partial charge in [-0.3, -0.25) is 9.63 Å². The van der Waals surface area contributed by atoms with Gasteiger partial charge in [0.15, 0.2) is 0 Å². The molecule has 0 rings (SSSR count). The van der Waals surface area contributed by atoms with Crippen LogP contribution in [0.25, 0.3) is 0 Å². The lowest BCUT2D eigenvalue weighted by Gasteiger charge is -2.10. The zero-order chi connectivity index (χ0) is 6.41. The first-order chi connectivity index (χ1) is 3.85. The first kappa shape index (κ1) is 7.39. The van der Waals surface area contributed by atoms with E-state index in [1.165, 1.54) is 7.11 Å². The molecule has 0 aromatic heterocycles. The highest BCUT2D eigenvalue weighted by molar-refractivity contribution is 5.44. The van der Waals surface area contributed by atoms with Crippen molar-refractivity contribution in [1.82, 2.24) is 5.06 Å². The number of hydroxylamine groups is 2. The Bertz CT molecular complexity index is 67.1. The molecule has 1 amide bonds. The Morgan fingerprint density at radius 3 is 2.62 bits per heavy atom. The van der Waals surface area contributed by atoms with Crippen molar-refractivity contribution < 1.29 is 9.63 Å². The molecule has 0 atom stereocenters. The summed E-state index contributed by atoms with van der Waals surface area (Å²) >= 11 is 0. The molecule has 0 fully saturated rings. The maximum absolute atomic E-state index is 9.87. The second-order valence-corrected chi connectivity index (χ2v) is 1.22. The fraction of sp³-hybridized carbons (Fsp3) is 0.750. The Morgan fingerprint density at radius 2 is 2.50 bits per heavy atom. The van der Waals surface area contributed by atoms with Crippen molar-refractivity contribution in [2.45, 2.75) is 0 Å². The third kappa shape index (κ3) is 2.54. The molecule has 4 nitrogen and oxygen atoms in total. The van der Waals surface area contributed by atoms with Crippen molar-refractivity contribution in [2.75, 3.05) is 20.2 Å². The van der Waals surface area contributed by atoms with Crippen LogP contribution in [0.2, 0.25) is 0 Å². The van der Waals surface area contributed by atoms with Crippen molar-refractivity contribution in [3.05, 3.63) is 0 Å². The van der Waals surface area contributed by atoms with Crippen LogP contribution in [-0.2, 0) is 9.63 Å². The lowest BCUT2D eigenvalue weighted by atomic mass is 10.6. The second kappa shape index (κ2) is 4.55. The van der Waals surface area contributed by atoms with Crippen molar-refractivity contribution in [1.29, 1.82) is 0 Å². The fourth-order valence-electron chi connectivity index (χ4n) is 0.314. The molecule has 2 N–H and O–H groups in total. The van der Waals surface area contributed by atoms with Crippen molar-refractivity contribution >= 4 is 6.41 Å². The lowest BCUT2D eigenvalue weighted by Crippen LogP contribution is -2.26.